The molecule has 1 saturated carbocycles. The molecule has 0 saturated heterocycles. The van der Waals surface area contributed by atoms with E-state index in [2.05, 4.69) is 77.8 Å². The van der Waals surface area contributed by atoms with Gasteiger partial charge in [-0.2, -0.15) is 0 Å². The Labute approximate surface area is 186 Å². The van der Waals surface area contributed by atoms with Crippen LogP contribution in [0, 0.1) is 6.92 Å². The molecule has 1 amide bonds. The van der Waals surface area contributed by atoms with Crippen molar-refractivity contribution >= 4 is 11.6 Å². The number of aryl methyl sites for hydroxylation is 1. The lowest BCUT2D eigenvalue weighted by Crippen LogP contribution is -2.45. The Kier molecular flexibility index (Phi) is 7.03. The third-order valence-electron chi connectivity index (χ3n) is 6.19. The van der Waals surface area contributed by atoms with E-state index in [1.165, 1.54) is 30.4 Å². The Hall–Kier alpha value is -3.07. The molecule has 1 N–H and O–H groups in total. The summed E-state index contributed by atoms with van der Waals surface area (Å²) in [6, 6.07) is 29.0. The molecule has 1 aliphatic rings. The van der Waals surface area contributed by atoms with Crippen molar-refractivity contribution in [2.75, 3.05) is 4.90 Å². The van der Waals surface area contributed by atoms with Crippen molar-refractivity contribution in [3.05, 3.63) is 102 Å². The van der Waals surface area contributed by atoms with E-state index < -0.39 is 0 Å². The van der Waals surface area contributed by atoms with Crippen molar-refractivity contribution in [1.82, 2.24) is 5.32 Å². The SMILES string of the molecule is Cc1ccc([C@H](C(=O)NC2CCCCC2)N(Cc2ccccc2)c2ccccc2)cc1. The molecule has 31 heavy (non-hydrogen) atoms. The van der Waals surface area contributed by atoms with Gasteiger partial charge in [-0.15, -0.1) is 0 Å². The highest BCUT2D eigenvalue weighted by atomic mass is 16.2. The molecule has 0 aliphatic heterocycles. The molecule has 0 unspecified atom stereocenters. The largest absolute Gasteiger partial charge is 0.352 e. The third kappa shape index (κ3) is 5.55. The van der Waals surface area contributed by atoms with Gasteiger partial charge in [0.1, 0.15) is 6.04 Å². The molecular weight excluding hydrogens is 380 g/mol. The molecular formula is C28H32N2O. The first-order valence-electron chi connectivity index (χ1n) is 11.4. The van der Waals surface area contributed by atoms with Crippen LogP contribution in [0.3, 0.4) is 0 Å². The predicted octanol–water partition coefficient (Wildman–Crippen LogP) is 6.19. The predicted molar refractivity (Wildman–Crippen MR) is 128 cm³/mol. The third-order valence-corrected chi connectivity index (χ3v) is 6.19. The second kappa shape index (κ2) is 10.3. The minimum atomic E-state index is -0.384. The van der Waals surface area contributed by atoms with Crippen molar-refractivity contribution in [2.45, 2.75) is 57.7 Å². The molecule has 0 bridgehead atoms. The summed E-state index contributed by atoms with van der Waals surface area (Å²) in [7, 11) is 0. The van der Waals surface area contributed by atoms with Crippen molar-refractivity contribution in [1.29, 1.82) is 0 Å². The molecule has 160 valence electrons. The molecule has 0 aromatic heterocycles. The van der Waals surface area contributed by atoms with E-state index >= 15 is 0 Å². The zero-order valence-electron chi connectivity index (χ0n) is 18.3. The maximum atomic E-state index is 13.7. The average molecular weight is 413 g/mol. The van der Waals surface area contributed by atoms with E-state index in [1.54, 1.807) is 0 Å². The lowest BCUT2D eigenvalue weighted by atomic mass is 9.94. The van der Waals surface area contributed by atoms with Gasteiger partial charge >= 0.3 is 0 Å². The van der Waals surface area contributed by atoms with Gasteiger partial charge in [-0.25, -0.2) is 0 Å². The van der Waals surface area contributed by atoms with E-state index in [1.807, 2.05) is 24.3 Å². The topological polar surface area (TPSA) is 32.3 Å². The molecule has 3 nitrogen and oxygen atoms in total. The number of rotatable bonds is 7. The summed E-state index contributed by atoms with van der Waals surface area (Å²) in [5.41, 5.74) is 4.47. The van der Waals surface area contributed by atoms with Crippen molar-refractivity contribution in [3.63, 3.8) is 0 Å². The summed E-state index contributed by atoms with van der Waals surface area (Å²) in [6.07, 6.45) is 5.84. The molecule has 1 atom stereocenters. The fourth-order valence-electron chi connectivity index (χ4n) is 4.48. The smallest absolute Gasteiger partial charge is 0.247 e. The first-order chi connectivity index (χ1) is 15.2. The first kappa shape index (κ1) is 21.2. The standard InChI is InChI=1S/C28H32N2O/c1-22-17-19-24(20-18-22)27(28(31)29-25-13-7-3-8-14-25)30(26-15-9-4-10-16-26)21-23-11-5-2-6-12-23/h2,4-6,9-12,15-20,25,27H,3,7-8,13-14,21H2,1H3,(H,29,31)/t27-/m1/s1. The maximum absolute atomic E-state index is 13.7. The molecule has 1 fully saturated rings. The molecule has 3 aromatic carbocycles. The molecule has 0 spiro atoms. The highest BCUT2D eigenvalue weighted by molar-refractivity contribution is 5.87. The van der Waals surface area contributed by atoms with E-state index in [0.717, 1.165) is 24.1 Å². The first-order valence-corrected chi connectivity index (χ1v) is 11.4. The highest BCUT2D eigenvalue weighted by Gasteiger charge is 2.30. The monoisotopic (exact) mass is 412 g/mol. The summed E-state index contributed by atoms with van der Waals surface area (Å²) in [4.78, 5) is 16.0. The summed E-state index contributed by atoms with van der Waals surface area (Å²) in [6.45, 7) is 2.75. The molecule has 4 rings (SSSR count). The Bertz CT molecular complexity index is 947. The number of carbonyl (C=O) groups is 1. The van der Waals surface area contributed by atoms with Crippen molar-refractivity contribution in [3.8, 4) is 0 Å². The number of benzene rings is 3. The summed E-state index contributed by atoms with van der Waals surface area (Å²) < 4.78 is 0. The molecule has 3 heteroatoms. The minimum absolute atomic E-state index is 0.0931. The van der Waals surface area contributed by atoms with Gasteiger partial charge in [0.05, 0.1) is 0 Å². The van der Waals surface area contributed by atoms with Crippen molar-refractivity contribution < 1.29 is 4.79 Å². The van der Waals surface area contributed by atoms with Crippen molar-refractivity contribution in [2.24, 2.45) is 0 Å². The van der Waals surface area contributed by atoms with Gasteiger partial charge in [0.2, 0.25) is 5.91 Å². The average Bonchev–Trinajstić information content (AvgIpc) is 2.82. The zero-order chi connectivity index (χ0) is 21.5. The summed E-state index contributed by atoms with van der Waals surface area (Å²) >= 11 is 0. The lowest BCUT2D eigenvalue weighted by molar-refractivity contribution is -0.123. The zero-order valence-corrected chi connectivity index (χ0v) is 18.3. The fourth-order valence-corrected chi connectivity index (χ4v) is 4.48. The highest BCUT2D eigenvalue weighted by Crippen LogP contribution is 2.30. The van der Waals surface area contributed by atoms with Gasteiger partial charge in [-0.1, -0.05) is 97.6 Å². The van der Waals surface area contributed by atoms with Crippen LogP contribution < -0.4 is 10.2 Å². The Morgan fingerprint density at radius 1 is 0.871 bits per heavy atom. The van der Waals surface area contributed by atoms with Crippen LogP contribution in [-0.4, -0.2) is 11.9 Å². The molecule has 0 radical (unpaired) electrons. The number of anilines is 1. The number of hydrogen-bond donors (Lipinski definition) is 1. The maximum Gasteiger partial charge on any atom is 0.247 e. The van der Waals surface area contributed by atoms with Crippen LogP contribution in [-0.2, 0) is 11.3 Å². The minimum Gasteiger partial charge on any atom is -0.352 e. The number of hydrogen-bond acceptors (Lipinski definition) is 2. The number of nitrogens with zero attached hydrogens (tertiary/aromatic N) is 1. The van der Waals surface area contributed by atoms with Gasteiger partial charge in [0, 0.05) is 18.3 Å². The molecule has 3 aromatic rings. The fraction of sp³-hybridized carbons (Fsp3) is 0.321. The normalized spacial score (nSPS) is 15.3. The van der Waals surface area contributed by atoms with Crippen LogP contribution in [0.4, 0.5) is 5.69 Å². The number of carbonyl (C=O) groups excluding carboxylic acids is 1. The van der Waals surface area contributed by atoms with Crippen LogP contribution in [0.15, 0.2) is 84.9 Å². The van der Waals surface area contributed by atoms with Gasteiger partial charge in [0.25, 0.3) is 0 Å². The van der Waals surface area contributed by atoms with E-state index in [9.17, 15) is 4.79 Å². The Balaban J connectivity index is 1.71. The van der Waals surface area contributed by atoms with E-state index in [-0.39, 0.29) is 18.0 Å². The quantitative estimate of drug-likeness (QED) is 0.502. The second-order valence-corrected chi connectivity index (χ2v) is 8.61. The van der Waals surface area contributed by atoms with Crippen LogP contribution in [0.25, 0.3) is 0 Å². The van der Waals surface area contributed by atoms with Crippen LogP contribution in [0.2, 0.25) is 0 Å². The van der Waals surface area contributed by atoms with Gasteiger partial charge < -0.3 is 10.2 Å². The van der Waals surface area contributed by atoms with E-state index in [0.29, 0.717) is 6.54 Å². The second-order valence-electron chi connectivity index (χ2n) is 8.61. The Morgan fingerprint density at radius 3 is 2.13 bits per heavy atom. The lowest BCUT2D eigenvalue weighted by Gasteiger charge is -2.35. The number of amides is 1. The number of para-hydroxylation sites is 1. The molecule has 1 aliphatic carbocycles. The molecule has 0 heterocycles. The van der Waals surface area contributed by atoms with Crippen LogP contribution in [0.5, 0.6) is 0 Å². The summed E-state index contributed by atoms with van der Waals surface area (Å²) in [5.74, 6) is 0.0931. The van der Waals surface area contributed by atoms with Gasteiger partial charge in [0.15, 0.2) is 0 Å². The summed E-state index contributed by atoms with van der Waals surface area (Å²) in [5, 5.41) is 3.39. The van der Waals surface area contributed by atoms with E-state index in [4.69, 9.17) is 0 Å². The Morgan fingerprint density at radius 2 is 1.48 bits per heavy atom. The van der Waals surface area contributed by atoms with Crippen LogP contribution in [0.1, 0.15) is 54.8 Å². The van der Waals surface area contributed by atoms with Gasteiger partial charge in [-0.3, -0.25) is 4.79 Å². The number of nitrogens with one attached hydrogen (secondary N) is 1. The van der Waals surface area contributed by atoms with Crippen LogP contribution >= 0.6 is 0 Å². The van der Waals surface area contributed by atoms with Gasteiger partial charge in [-0.05, 0) is 43.0 Å².